The Balaban J connectivity index is 1.85. The maximum absolute atomic E-state index is 12.4. The van der Waals surface area contributed by atoms with E-state index in [1.807, 2.05) is 24.3 Å². The molecule has 0 unspecified atom stereocenters. The Morgan fingerprint density at radius 3 is 2.92 bits per heavy atom. The third kappa shape index (κ3) is 2.40. The third-order valence-corrected chi connectivity index (χ3v) is 4.27. The van der Waals surface area contributed by atoms with Crippen LogP contribution in [0.3, 0.4) is 0 Å². The molecule has 6 heteroatoms. The van der Waals surface area contributed by atoms with Crippen molar-refractivity contribution in [1.82, 2.24) is 10.4 Å². The summed E-state index contributed by atoms with van der Waals surface area (Å²) in [6, 6.07) is 7.52. The van der Waals surface area contributed by atoms with Crippen molar-refractivity contribution in [2.75, 3.05) is 6.61 Å². The quantitative estimate of drug-likeness (QED) is 0.670. The Hall–Kier alpha value is -2.89. The number of esters is 1. The van der Waals surface area contributed by atoms with Gasteiger partial charge in [0.15, 0.2) is 0 Å². The topological polar surface area (TPSA) is 83.6 Å². The summed E-state index contributed by atoms with van der Waals surface area (Å²) in [7, 11) is 0. The van der Waals surface area contributed by atoms with Crippen molar-refractivity contribution in [3.05, 3.63) is 41.1 Å². The number of aromatic amines is 1. The minimum absolute atomic E-state index is 0.231. The van der Waals surface area contributed by atoms with E-state index in [2.05, 4.69) is 15.5 Å². The first-order valence-corrected chi connectivity index (χ1v) is 8.07. The largest absolute Gasteiger partial charge is 0.462 e. The average molecular weight is 323 g/mol. The first-order chi connectivity index (χ1) is 11.7. The van der Waals surface area contributed by atoms with E-state index in [1.165, 1.54) is 0 Å². The zero-order valence-electron chi connectivity index (χ0n) is 13.3. The fraction of sp³-hybridized carbons (Fsp3) is 0.278. The van der Waals surface area contributed by atoms with Crippen LogP contribution in [0.4, 0.5) is 0 Å². The molecule has 6 nitrogen and oxygen atoms in total. The Morgan fingerprint density at radius 2 is 2.17 bits per heavy atom. The standard InChI is InChI=1S/C18H17N3O3/c1-2-24-18(23)15-11-5-3-4-6-13(11)19-14(15)9-12-16(10-7-8-10)20-21-17(12)22/h3-6,9-10,19H,2,7-8H2,1H3,(H,21,22)/b12-9-. The number of carbonyl (C=O) groups excluding carboxylic acids is 2. The van der Waals surface area contributed by atoms with Crippen LogP contribution >= 0.6 is 0 Å². The number of fused-ring (bicyclic) bond motifs is 1. The van der Waals surface area contributed by atoms with Crippen LogP contribution in [0.2, 0.25) is 0 Å². The van der Waals surface area contributed by atoms with E-state index in [0.717, 1.165) is 29.5 Å². The van der Waals surface area contributed by atoms with Gasteiger partial charge in [0, 0.05) is 16.8 Å². The van der Waals surface area contributed by atoms with Crippen molar-refractivity contribution in [2.45, 2.75) is 19.8 Å². The number of carbonyl (C=O) groups is 2. The van der Waals surface area contributed by atoms with E-state index in [-0.39, 0.29) is 5.91 Å². The highest BCUT2D eigenvalue weighted by Gasteiger charge is 2.36. The number of hydrazone groups is 1. The van der Waals surface area contributed by atoms with Crippen LogP contribution in [0, 0.1) is 5.92 Å². The first kappa shape index (κ1) is 14.7. The highest BCUT2D eigenvalue weighted by molar-refractivity contribution is 6.29. The number of ether oxygens (including phenoxy) is 1. The monoisotopic (exact) mass is 323 g/mol. The number of hydrogen-bond donors (Lipinski definition) is 2. The molecule has 122 valence electrons. The van der Waals surface area contributed by atoms with E-state index >= 15 is 0 Å². The van der Waals surface area contributed by atoms with Crippen LogP contribution in [0.5, 0.6) is 0 Å². The Kier molecular flexibility index (Phi) is 3.45. The summed E-state index contributed by atoms with van der Waals surface area (Å²) >= 11 is 0. The summed E-state index contributed by atoms with van der Waals surface area (Å²) in [5.74, 6) is -0.291. The second-order valence-electron chi connectivity index (χ2n) is 5.95. The lowest BCUT2D eigenvalue weighted by atomic mass is 10.0. The summed E-state index contributed by atoms with van der Waals surface area (Å²) < 4.78 is 5.19. The molecule has 0 saturated heterocycles. The van der Waals surface area contributed by atoms with E-state index in [9.17, 15) is 9.59 Å². The zero-order chi connectivity index (χ0) is 16.7. The molecule has 2 heterocycles. The number of aromatic nitrogens is 1. The van der Waals surface area contributed by atoms with Gasteiger partial charge in [0.05, 0.1) is 29.1 Å². The SMILES string of the molecule is CCOC(=O)c1c(/C=C2\C(=O)NN=C2C2CC2)[nH]c2ccccc12. The van der Waals surface area contributed by atoms with Gasteiger partial charge in [-0.2, -0.15) is 5.10 Å². The maximum atomic E-state index is 12.4. The summed E-state index contributed by atoms with van der Waals surface area (Å²) in [5, 5.41) is 4.92. The Bertz CT molecular complexity index is 903. The summed E-state index contributed by atoms with van der Waals surface area (Å²) in [6.07, 6.45) is 3.80. The zero-order valence-corrected chi connectivity index (χ0v) is 13.3. The van der Waals surface area contributed by atoms with E-state index in [4.69, 9.17) is 4.74 Å². The second-order valence-corrected chi connectivity index (χ2v) is 5.95. The minimum atomic E-state index is -0.398. The molecule has 0 radical (unpaired) electrons. The molecule has 4 rings (SSSR count). The molecule has 1 aliphatic carbocycles. The van der Waals surface area contributed by atoms with Gasteiger partial charge in [0.25, 0.3) is 5.91 Å². The first-order valence-electron chi connectivity index (χ1n) is 8.07. The third-order valence-electron chi connectivity index (χ3n) is 4.27. The second kappa shape index (κ2) is 5.63. The van der Waals surface area contributed by atoms with Gasteiger partial charge in [0.2, 0.25) is 0 Å². The van der Waals surface area contributed by atoms with Crippen LogP contribution in [0.1, 0.15) is 35.8 Å². The molecule has 1 saturated carbocycles. The van der Waals surface area contributed by atoms with Gasteiger partial charge < -0.3 is 9.72 Å². The lowest BCUT2D eigenvalue weighted by molar-refractivity contribution is -0.116. The summed E-state index contributed by atoms with van der Waals surface area (Å²) in [6.45, 7) is 2.07. The van der Waals surface area contributed by atoms with Gasteiger partial charge in [-0.25, -0.2) is 10.2 Å². The molecular weight excluding hydrogens is 306 g/mol. The number of para-hydroxylation sites is 1. The number of nitrogens with zero attached hydrogens (tertiary/aromatic N) is 1. The molecule has 1 aromatic carbocycles. The highest BCUT2D eigenvalue weighted by atomic mass is 16.5. The lowest BCUT2D eigenvalue weighted by Crippen LogP contribution is -2.14. The smallest absolute Gasteiger partial charge is 0.340 e. The Morgan fingerprint density at radius 1 is 1.38 bits per heavy atom. The number of benzene rings is 1. The molecule has 2 N–H and O–H groups in total. The van der Waals surface area contributed by atoms with Crippen LogP contribution in [-0.2, 0) is 9.53 Å². The molecule has 1 fully saturated rings. The molecule has 0 bridgehead atoms. The molecule has 2 aromatic rings. The predicted octanol–water partition coefficient (Wildman–Crippen LogP) is 2.62. The normalized spacial score (nSPS) is 18.8. The maximum Gasteiger partial charge on any atom is 0.340 e. The van der Waals surface area contributed by atoms with Crippen molar-refractivity contribution in [1.29, 1.82) is 0 Å². The van der Waals surface area contributed by atoms with Gasteiger partial charge >= 0.3 is 5.97 Å². The van der Waals surface area contributed by atoms with Crippen molar-refractivity contribution in [3.8, 4) is 0 Å². The number of amides is 1. The van der Waals surface area contributed by atoms with Crippen LogP contribution in [-0.4, -0.2) is 29.2 Å². The minimum Gasteiger partial charge on any atom is -0.462 e. The van der Waals surface area contributed by atoms with Gasteiger partial charge in [-0.05, 0) is 31.9 Å². The summed E-state index contributed by atoms with van der Waals surface area (Å²) in [4.78, 5) is 27.8. The molecule has 1 amide bonds. The molecule has 1 aromatic heterocycles. The van der Waals surface area contributed by atoms with Crippen molar-refractivity contribution >= 4 is 34.6 Å². The van der Waals surface area contributed by atoms with Gasteiger partial charge in [-0.15, -0.1) is 0 Å². The van der Waals surface area contributed by atoms with Gasteiger partial charge in [0.1, 0.15) is 0 Å². The molecule has 1 aliphatic heterocycles. The molecule has 24 heavy (non-hydrogen) atoms. The number of nitrogens with one attached hydrogen (secondary N) is 2. The number of rotatable bonds is 4. The van der Waals surface area contributed by atoms with Crippen LogP contribution in [0.15, 0.2) is 34.9 Å². The van der Waals surface area contributed by atoms with E-state index in [1.54, 1.807) is 13.0 Å². The fourth-order valence-electron chi connectivity index (χ4n) is 2.99. The number of H-pyrrole nitrogens is 1. The fourth-order valence-corrected chi connectivity index (χ4v) is 2.99. The van der Waals surface area contributed by atoms with Crippen molar-refractivity contribution < 1.29 is 14.3 Å². The van der Waals surface area contributed by atoms with Crippen LogP contribution in [0.25, 0.3) is 17.0 Å². The predicted molar refractivity (Wildman–Crippen MR) is 90.5 cm³/mol. The average Bonchev–Trinajstić information content (AvgIpc) is 3.25. The van der Waals surface area contributed by atoms with E-state index < -0.39 is 5.97 Å². The molecule has 2 aliphatic rings. The van der Waals surface area contributed by atoms with Crippen molar-refractivity contribution in [2.24, 2.45) is 11.0 Å². The number of hydrogen-bond acceptors (Lipinski definition) is 4. The van der Waals surface area contributed by atoms with Crippen molar-refractivity contribution in [3.63, 3.8) is 0 Å². The Labute approximate surface area is 138 Å². The van der Waals surface area contributed by atoms with Gasteiger partial charge in [-0.3, -0.25) is 4.79 Å². The van der Waals surface area contributed by atoms with Crippen LogP contribution < -0.4 is 5.43 Å². The summed E-state index contributed by atoms with van der Waals surface area (Å²) in [5.41, 5.74) is 5.69. The highest BCUT2D eigenvalue weighted by Crippen LogP contribution is 2.36. The molecular formula is C18H17N3O3. The van der Waals surface area contributed by atoms with Gasteiger partial charge in [-0.1, -0.05) is 18.2 Å². The molecule has 0 atom stereocenters. The lowest BCUT2D eigenvalue weighted by Gasteiger charge is -2.03. The molecule has 0 spiro atoms. The van der Waals surface area contributed by atoms with E-state index in [0.29, 0.717) is 29.4 Å².